The largest absolute Gasteiger partial charge is 0.493 e. The molecule has 1 aromatic carbocycles. The van der Waals surface area contributed by atoms with Crippen molar-refractivity contribution in [2.24, 2.45) is 0 Å². The van der Waals surface area contributed by atoms with E-state index in [0.717, 1.165) is 43.3 Å². The van der Waals surface area contributed by atoms with E-state index in [1.54, 1.807) is 32.4 Å². The van der Waals surface area contributed by atoms with Crippen LogP contribution in [0.4, 0.5) is 4.79 Å². The van der Waals surface area contributed by atoms with Gasteiger partial charge in [-0.15, -0.1) is 0 Å². The van der Waals surface area contributed by atoms with Gasteiger partial charge in [0.2, 0.25) is 0 Å². The van der Waals surface area contributed by atoms with Crippen molar-refractivity contribution in [2.75, 3.05) is 34.0 Å². The fourth-order valence-electron chi connectivity index (χ4n) is 3.19. The molecule has 0 N–H and O–H groups in total. The number of carbonyl (C=O) groups excluding carboxylic acids is 2. The topological polar surface area (TPSA) is 59.1 Å². The predicted molar refractivity (Wildman–Crippen MR) is 102 cm³/mol. The molecule has 0 aromatic heterocycles. The van der Waals surface area contributed by atoms with Gasteiger partial charge in [-0.3, -0.25) is 19.4 Å². The third kappa shape index (κ3) is 4.22. The molecule has 2 saturated heterocycles. The molecule has 2 aliphatic heterocycles. The van der Waals surface area contributed by atoms with Crippen molar-refractivity contribution < 1.29 is 19.1 Å². The van der Waals surface area contributed by atoms with Crippen molar-refractivity contribution in [3.63, 3.8) is 0 Å². The zero-order chi connectivity index (χ0) is 18.5. The maximum Gasteiger partial charge on any atom is 0.294 e. The van der Waals surface area contributed by atoms with Crippen molar-refractivity contribution in [3.8, 4) is 11.5 Å². The molecule has 3 rings (SSSR count). The van der Waals surface area contributed by atoms with E-state index in [0.29, 0.717) is 23.1 Å². The lowest BCUT2D eigenvalue weighted by atomic mass is 10.2. The lowest BCUT2D eigenvalue weighted by Crippen LogP contribution is -2.40. The summed E-state index contributed by atoms with van der Waals surface area (Å²) in [5.41, 5.74) is 0.794. The first-order chi connectivity index (χ1) is 12.6. The number of benzene rings is 1. The van der Waals surface area contributed by atoms with Gasteiger partial charge in [-0.05, 0) is 61.5 Å². The first-order valence-corrected chi connectivity index (χ1v) is 9.64. The van der Waals surface area contributed by atoms with Crippen LogP contribution >= 0.6 is 11.8 Å². The van der Waals surface area contributed by atoms with Gasteiger partial charge in [0, 0.05) is 0 Å². The quantitative estimate of drug-likeness (QED) is 0.732. The van der Waals surface area contributed by atoms with Crippen LogP contribution in [0.25, 0.3) is 6.08 Å². The van der Waals surface area contributed by atoms with Crippen molar-refractivity contribution in [2.45, 2.75) is 25.7 Å². The standard InChI is InChI=1S/C19H24N2O4S/c1-24-15-8-7-14(11-16(15)25-2)12-17-18(22)21(19(23)26-17)13-20-9-5-3-4-6-10-20/h7-8,11-12H,3-6,9-10,13H2,1-2H3. The van der Waals surface area contributed by atoms with Gasteiger partial charge in [0.05, 0.1) is 25.8 Å². The number of rotatable bonds is 5. The highest BCUT2D eigenvalue weighted by atomic mass is 32.2. The van der Waals surface area contributed by atoms with Crippen LogP contribution in [-0.2, 0) is 4.79 Å². The number of hydrogen-bond donors (Lipinski definition) is 0. The van der Waals surface area contributed by atoms with E-state index in [9.17, 15) is 9.59 Å². The van der Waals surface area contributed by atoms with Crippen LogP contribution < -0.4 is 9.47 Å². The molecule has 1 aromatic rings. The number of nitrogens with zero attached hydrogens (tertiary/aromatic N) is 2. The van der Waals surface area contributed by atoms with Crippen molar-refractivity contribution >= 4 is 29.0 Å². The molecule has 2 amide bonds. The second kappa shape index (κ2) is 8.60. The monoisotopic (exact) mass is 376 g/mol. The van der Waals surface area contributed by atoms with E-state index >= 15 is 0 Å². The summed E-state index contributed by atoms with van der Waals surface area (Å²) in [6, 6.07) is 5.41. The summed E-state index contributed by atoms with van der Waals surface area (Å²) < 4.78 is 10.5. The third-order valence-electron chi connectivity index (χ3n) is 4.62. The number of ether oxygens (including phenoxy) is 2. The summed E-state index contributed by atoms with van der Waals surface area (Å²) in [5.74, 6) is 0.989. The molecular formula is C19H24N2O4S. The van der Waals surface area contributed by atoms with Gasteiger partial charge in [0.15, 0.2) is 11.5 Å². The predicted octanol–water partition coefficient (Wildman–Crippen LogP) is 3.57. The van der Waals surface area contributed by atoms with E-state index in [2.05, 4.69) is 4.90 Å². The number of hydrogen-bond acceptors (Lipinski definition) is 6. The van der Waals surface area contributed by atoms with E-state index in [-0.39, 0.29) is 11.1 Å². The van der Waals surface area contributed by atoms with Gasteiger partial charge < -0.3 is 9.47 Å². The van der Waals surface area contributed by atoms with Gasteiger partial charge in [-0.25, -0.2) is 0 Å². The lowest BCUT2D eigenvalue weighted by molar-refractivity contribution is -0.124. The zero-order valence-electron chi connectivity index (χ0n) is 15.2. The maximum atomic E-state index is 12.7. The minimum Gasteiger partial charge on any atom is -0.493 e. The van der Waals surface area contributed by atoms with Crippen LogP contribution in [-0.4, -0.2) is 54.9 Å². The fourth-order valence-corrected chi connectivity index (χ4v) is 4.02. The Balaban J connectivity index is 1.74. The van der Waals surface area contributed by atoms with Crippen LogP contribution in [0, 0.1) is 0 Å². The Labute approximate surface area is 158 Å². The Morgan fingerprint density at radius 2 is 1.73 bits per heavy atom. The number of thioether (sulfide) groups is 1. The molecule has 2 fully saturated rings. The third-order valence-corrected chi connectivity index (χ3v) is 5.53. The van der Waals surface area contributed by atoms with Crippen LogP contribution in [0.15, 0.2) is 23.1 Å². The van der Waals surface area contributed by atoms with Crippen molar-refractivity contribution in [3.05, 3.63) is 28.7 Å². The second-order valence-corrected chi connectivity index (χ2v) is 7.39. The normalized spacial score (nSPS) is 20.5. The maximum absolute atomic E-state index is 12.7. The summed E-state index contributed by atoms with van der Waals surface area (Å²) in [7, 11) is 3.14. The Bertz CT molecular complexity index is 711. The number of carbonyl (C=O) groups is 2. The second-order valence-electron chi connectivity index (χ2n) is 6.40. The molecule has 0 radical (unpaired) electrons. The first kappa shape index (κ1) is 18.8. The van der Waals surface area contributed by atoms with E-state index in [1.165, 1.54) is 17.7 Å². The first-order valence-electron chi connectivity index (χ1n) is 8.82. The van der Waals surface area contributed by atoms with Gasteiger partial charge in [-0.1, -0.05) is 18.9 Å². The number of imide groups is 1. The highest BCUT2D eigenvalue weighted by Gasteiger charge is 2.36. The summed E-state index contributed by atoms with van der Waals surface area (Å²) in [5, 5.41) is -0.203. The van der Waals surface area contributed by atoms with Crippen LogP contribution in [0.5, 0.6) is 11.5 Å². The molecule has 0 spiro atoms. The number of methoxy groups -OCH3 is 2. The van der Waals surface area contributed by atoms with Gasteiger partial charge in [0.1, 0.15) is 0 Å². The molecule has 0 aliphatic carbocycles. The molecule has 0 bridgehead atoms. The van der Waals surface area contributed by atoms with Crippen molar-refractivity contribution in [1.29, 1.82) is 0 Å². The Morgan fingerprint density at radius 3 is 2.38 bits per heavy atom. The van der Waals surface area contributed by atoms with Crippen LogP contribution in [0.2, 0.25) is 0 Å². The van der Waals surface area contributed by atoms with Gasteiger partial charge in [0.25, 0.3) is 11.1 Å². The molecule has 6 nitrogen and oxygen atoms in total. The van der Waals surface area contributed by atoms with E-state index in [4.69, 9.17) is 9.47 Å². The highest BCUT2D eigenvalue weighted by Crippen LogP contribution is 2.34. The van der Waals surface area contributed by atoms with E-state index in [1.807, 2.05) is 6.07 Å². The zero-order valence-corrected chi connectivity index (χ0v) is 16.0. The molecule has 0 saturated carbocycles. The SMILES string of the molecule is COc1ccc(C=C2SC(=O)N(CN3CCCCCC3)C2=O)cc1OC. The summed E-state index contributed by atoms with van der Waals surface area (Å²) in [6.07, 6.45) is 6.42. The minimum atomic E-state index is -0.223. The molecule has 2 heterocycles. The molecule has 7 heteroatoms. The lowest BCUT2D eigenvalue weighted by Gasteiger charge is -2.24. The smallest absolute Gasteiger partial charge is 0.294 e. The Kier molecular flexibility index (Phi) is 6.21. The fraction of sp³-hybridized carbons (Fsp3) is 0.474. The van der Waals surface area contributed by atoms with E-state index < -0.39 is 0 Å². The van der Waals surface area contributed by atoms with Gasteiger partial charge >= 0.3 is 0 Å². The summed E-state index contributed by atoms with van der Waals surface area (Å²) in [6.45, 7) is 2.26. The minimum absolute atomic E-state index is 0.203. The average molecular weight is 376 g/mol. The number of likely N-dealkylation sites (tertiary alicyclic amines) is 1. The molecule has 0 atom stereocenters. The molecule has 0 unspecified atom stereocenters. The average Bonchev–Trinajstić information content (AvgIpc) is 2.85. The Morgan fingerprint density at radius 1 is 1.04 bits per heavy atom. The molecule has 2 aliphatic rings. The highest BCUT2D eigenvalue weighted by molar-refractivity contribution is 8.18. The van der Waals surface area contributed by atoms with Crippen LogP contribution in [0.1, 0.15) is 31.2 Å². The van der Waals surface area contributed by atoms with Crippen molar-refractivity contribution in [1.82, 2.24) is 9.80 Å². The Hall–Kier alpha value is -1.99. The molecule has 26 heavy (non-hydrogen) atoms. The van der Waals surface area contributed by atoms with Gasteiger partial charge in [-0.2, -0.15) is 0 Å². The molecular weight excluding hydrogens is 352 g/mol. The summed E-state index contributed by atoms with van der Waals surface area (Å²) in [4.78, 5) is 29.0. The number of amides is 2. The summed E-state index contributed by atoms with van der Waals surface area (Å²) >= 11 is 0.994. The molecule has 140 valence electrons. The van der Waals surface area contributed by atoms with Crippen LogP contribution in [0.3, 0.4) is 0 Å².